The summed E-state index contributed by atoms with van der Waals surface area (Å²) >= 11 is 0. The summed E-state index contributed by atoms with van der Waals surface area (Å²) in [6, 6.07) is 0. The molecule has 0 aliphatic rings. The van der Waals surface area contributed by atoms with Crippen LogP contribution in [0.1, 0.15) is 6.92 Å². The van der Waals surface area contributed by atoms with Gasteiger partial charge >= 0.3 is 0 Å². The quantitative estimate of drug-likeness (QED) is 0.552. The van der Waals surface area contributed by atoms with Crippen molar-refractivity contribution >= 4 is 0 Å². The summed E-state index contributed by atoms with van der Waals surface area (Å²) in [4.78, 5) is 0. The van der Waals surface area contributed by atoms with E-state index in [2.05, 4.69) is 0 Å². The topological polar surface area (TPSA) is 9.23 Å². The number of rotatable bonds is 5. The molecule has 0 aromatic rings. The molecule has 1 unspecified atom stereocenters. The molecule has 0 aromatic carbocycles. The maximum atomic E-state index is 12.2. The van der Waals surface area contributed by atoms with Gasteiger partial charge < -0.3 is 9.22 Å². The average Bonchev–Trinajstić information content (AvgIpc) is 1.84. The first-order valence-corrected chi connectivity index (χ1v) is 3.97. The van der Waals surface area contributed by atoms with Gasteiger partial charge in [-0.15, -0.1) is 0 Å². The van der Waals surface area contributed by atoms with E-state index < -0.39 is 0 Å². The Bertz CT molecular complexity index is 101. The molecule has 1 atom stereocenters. The molecule has 11 heavy (non-hydrogen) atoms. The van der Waals surface area contributed by atoms with Gasteiger partial charge in [0.05, 0.1) is 21.1 Å². The van der Waals surface area contributed by atoms with E-state index in [0.29, 0.717) is 6.61 Å². The first-order valence-electron chi connectivity index (χ1n) is 3.97. The molecule has 0 N–H and O–H groups in total. The van der Waals surface area contributed by atoms with Crippen molar-refractivity contribution in [3.63, 3.8) is 0 Å². The molecule has 0 bridgehead atoms. The third kappa shape index (κ3) is 6.26. The van der Waals surface area contributed by atoms with E-state index >= 15 is 0 Å². The van der Waals surface area contributed by atoms with Crippen molar-refractivity contribution < 1.29 is 13.6 Å². The van der Waals surface area contributed by atoms with Crippen molar-refractivity contribution in [2.45, 2.75) is 13.0 Å². The minimum absolute atomic E-state index is 0.236. The molecule has 0 aliphatic carbocycles. The van der Waals surface area contributed by atoms with Gasteiger partial charge in [-0.3, -0.25) is 0 Å². The molecule has 0 saturated carbocycles. The maximum absolute atomic E-state index is 12.2. The highest BCUT2D eigenvalue weighted by molar-refractivity contribution is 4.52. The van der Waals surface area contributed by atoms with Gasteiger partial charge in [-0.1, -0.05) is 0 Å². The molecule has 2 nitrogen and oxygen atoms in total. The van der Waals surface area contributed by atoms with E-state index in [9.17, 15) is 4.39 Å². The van der Waals surface area contributed by atoms with Crippen LogP contribution in [-0.2, 0) is 4.74 Å². The zero-order valence-corrected chi connectivity index (χ0v) is 7.93. The molecular formula is C8H19FNO+. The fourth-order valence-corrected chi connectivity index (χ4v) is 0.993. The number of likely N-dealkylation sites (N-methyl/N-ethyl adjacent to an activating group) is 1. The lowest BCUT2D eigenvalue weighted by atomic mass is 10.3. The van der Waals surface area contributed by atoms with Crippen LogP contribution in [0.15, 0.2) is 0 Å². The Morgan fingerprint density at radius 2 is 1.91 bits per heavy atom. The van der Waals surface area contributed by atoms with Crippen molar-refractivity contribution in [2.24, 2.45) is 0 Å². The number of nitrogens with zero attached hydrogens (tertiary/aromatic N) is 1. The molecule has 0 aliphatic heterocycles. The molecule has 0 aromatic heterocycles. The van der Waals surface area contributed by atoms with Crippen molar-refractivity contribution in [1.82, 2.24) is 0 Å². The lowest BCUT2D eigenvalue weighted by Crippen LogP contribution is -2.43. The summed E-state index contributed by atoms with van der Waals surface area (Å²) < 4.78 is 18.2. The standard InChI is InChI=1S/C8H19FNO/c1-5-11-8(6-9)7-10(2,3)4/h8H,5-7H2,1-4H3/q+1. The normalized spacial score (nSPS) is 15.0. The monoisotopic (exact) mass is 164 g/mol. The summed E-state index contributed by atoms with van der Waals surface area (Å²) in [7, 11) is 6.09. The Labute approximate surface area is 68.5 Å². The molecule has 0 spiro atoms. The third-order valence-corrected chi connectivity index (χ3v) is 1.33. The third-order valence-electron chi connectivity index (χ3n) is 1.33. The van der Waals surface area contributed by atoms with E-state index in [4.69, 9.17) is 4.74 Å². The number of quaternary nitrogens is 1. The van der Waals surface area contributed by atoms with Gasteiger partial charge in [-0.2, -0.15) is 0 Å². The smallest absolute Gasteiger partial charge is 0.134 e. The van der Waals surface area contributed by atoms with Crippen molar-refractivity contribution in [1.29, 1.82) is 0 Å². The highest BCUT2D eigenvalue weighted by atomic mass is 19.1. The zero-order valence-electron chi connectivity index (χ0n) is 7.93. The second-order valence-corrected chi connectivity index (χ2v) is 3.70. The highest BCUT2D eigenvalue weighted by Gasteiger charge is 2.17. The summed E-state index contributed by atoms with van der Waals surface area (Å²) in [5.41, 5.74) is 0. The Morgan fingerprint density at radius 3 is 2.18 bits per heavy atom. The van der Waals surface area contributed by atoms with Gasteiger partial charge in [0.25, 0.3) is 0 Å². The molecule has 68 valence electrons. The largest absolute Gasteiger partial charge is 0.370 e. The minimum Gasteiger partial charge on any atom is -0.370 e. The van der Waals surface area contributed by atoms with Crippen LogP contribution in [0.25, 0.3) is 0 Å². The number of halogens is 1. The second kappa shape index (κ2) is 4.67. The summed E-state index contributed by atoms with van der Waals surface area (Å²) in [6.07, 6.45) is -0.236. The molecule has 0 fully saturated rings. The van der Waals surface area contributed by atoms with Gasteiger partial charge in [0.15, 0.2) is 0 Å². The molecule has 0 radical (unpaired) electrons. The molecule has 0 amide bonds. The number of hydrogen-bond acceptors (Lipinski definition) is 1. The van der Waals surface area contributed by atoms with Crippen LogP contribution in [-0.4, -0.2) is 51.6 Å². The predicted molar refractivity (Wildman–Crippen MR) is 44.3 cm³/mol. The van der Waals surface area contributed by atoms with E-state index in [-0.39, 0.29) is 12.8 Å². The van der Waals surface area contributed by atoms with Crippen LogP contribution in [0.3, 0.4) is 0 Å². The van der Waals surface area contributed by atoms with E-state index in [1.54, 1.807) is 0 Å². The van der Waals surface area contributed by atoms with Crippen molar-refractivity contribution in [2.75, 3.05) is 41.0 Å². The minimum atomic E-state index is -0.386. The Balaban J connectivity index is 3.68. The Morgan fingerprint density at radius 1 is 1.36 bits per heavy atom. The lowest BCUT2D eigenvalue weighted by Gasteiger charge is -2.27. The fraction of sp³-hybridized carbons (Fsp3) is 1.00. The predicted octanol–water partition coefficient (Wildman–Crippen LogP) is 1.07. The zero-order chi connectivity index (χ0) is 8.91. The van der Waals surface area contributed by atoms with Gasteiger partial charge in [0, 0.05) is 6.61 Å². The first-order chi connectivity index (χ1) is 4.99. The van der Waals surface area contributed by atoms with Crippen molar-refractivity contribution in [3.05, 3.63) is 0 Å². The molecule has 0 heterocycles. The van der Waals surface area contributed by atoms with Crippen LogP contribution in [0.2, 0.25) is 0 Å². The number of alkyl halides is 1. The highest BCUT2D eigenvalue weighted by Crippen LogP contribution is 2.00. The van der Waals surface area contributed by atoms with Gasteiger partial charge in [0.2, 0.25) is 0 Å². The first kappa shape index (κ1) is 10.8. The van der Waals surface area contributed by atoms with E-state index in [0.717, 1.165) is 11.0 Å². The summed E-state index contributed by atoms with van der Waals surface area (Å²) in [5.74, 6) is 0. The average molecular weight is 164 g/mol. The van der Waals surface area contributed by atoms with E-state index in [1.165, 1.54) is 0 Å². The van der Waals surface area contributed by atoms with Crippen LogP contribution < -0.4 is 0 Å². The number of hydrogen-bond donors (Lipinski definition) is 0. The van der Waals surface area contributed by atoms with Crippen LogP contribution in [0.5, 0.6) is 0 Å². The molecule has 0 saturated heterocycles. The Kier molecular flexibility index (Phi) is 4.61. The van der Waals surface area contributed by atoms with Gasteiger partial charge in [0.1, 0.15) is 19.3 Å². The number of ether oxygens (including phenoxy) is 1. The maximum Gasteiger partial charge on any atom is 0.134 e. The fourth-order valence-electron chi connectivity index (χ4n) is 0.993. The second-order valence-electron chi connectivity index (χ2n) is 3.70. The SMILES string of the molecule is CCOC(CF)C[N+](C)(C)C. The lowest BCUT2D eigenvalue weighted by molar-refractivity contribution is -0.873. The Hall–Kier alpha value is -0.150. The summed E-state index contributed by atoms with van der Waals surface area (Å²) in [5, 5.41) is 0. The van der Waals surface area contributed by atoms with Crippen LogP contribution in [0, 0.1) is 0 Å². The molecule has 0 rings (SSSR count). The van der Waals surface area contributed by atoms with Crippen molar-refractivity contribution in [3.8, 4) is 0 Å². The van der Waals surface area contributed by atoms with Crippen LogP contribution in [0.4, 0.5) is 4.39 Å². The van der Waals surface area contributed by atoms with Gasteiger partial charge in [-0.05, 0) is 6.92 Å². The summed E-state index contributed by atoms with van der Waals surface area (Å²) in [6.45, 7) is 2.82. The molecular weight excluding hydrogens is 145 g/mol. The molecule has 3 heteroatoms. The van der Waals surface area contributed by atoms with Crippen LogP contribution >= 0.6 is 0 Å². The van der Waals surface area contributed by atoms with Gasteiger partial charge in [-0.25, -0.2) is 4.39 Å². The van der Waals surface area contributed by atoms with E-state index in [1.807, 2.05) is 28.1 Å².